The molecule has 3 fully saturated rings. The van der Waals surface area contributed by atoms with Crippen LogP contribution in [0.3, 0.4) is 0 Å². The SMILES string of the molecule is CCC(C)(C)C(=O)OC1(CCCC(=O)OC(C(F)(F)F)C(F)(F)F)CCCC1.CCC(C)(C)C(=O)OC1(CCCC(=O)OCC(F)(F)C(F)(F)F)CCCC1.CCC(C)C(=O)OC1(CCCC(=O)OCC(F)(F)C(F)(F)F)CCCC1. The molecule has 0 radical (unpaired) electrons. The van der Waals surface area contributed by atoms with E-state index >= 15 is 0 Å². The number of hydrogen-bond donors (Lipinski definition) is 0. The Balaban J connectivity index is 0.000000608. The predicted molar refractivity (Wildman–Crippen MR) is 257 cm³/mol. The third-order valence-corrected chi connectivity index (χ3v) is 14.9. The maximum Gasteiger partial charge on any atom is 0.456 e. The molecule has 3 aliphatic rings. The molecule has 3 rings (SSSR count). The fourth-order valence-corrected chi connectivity index (χ4v) is 8.53. The summed E-state index contributed by atoms with van der Waals surface area (Å²) in [6.07, 6.45) is -16.7. The number of alkyl halides is 16. The molecule has 1 atom stereocenters. The van der Waals surface area contributed by atoms with Crippen LogP contribution in [0, 0.1) is 16.7 Å². The highest BCUT2D eigenvalue weighted by Gasteiger charge is 2.61. The van der Waals surface area contributed by atoms with Crippen LogP contribution in [0.1, 0.15) is 209 Å². The molecule has 3 saturated carbocycles. The van der Waals surface area contributed by atoms with Crippen molar-refractivity contribution in [3.05, 3.63) is 0 Å². The Morgan fingerprint density at radius 1 is 0.444 bits per heavy atom. The second-order valence-electron chi connectivity index (χ2n) is 22.4. The lowest BCUT2D eigenvalue weighted by Crippen LogP contribution is -2.45. The lowest BCUT2D eigenvalue weighted by Gasteiger charge is -2.33. The molecule has 0 saturated heterocycles. The Hall–Kier alpha value is -4.30. The Morgan fingerprint density at radius 3 is 0.988 bits per heavy atom. The molecule has 0 heterocycles. The van der Waals surface area contributed by atoms with Gasteiger partial charge >= 0.3 is 72.4 Å². The number of ether oxygens (including phenoxy) is 6. The molecule has 12 nitrogen and oxygen atoms in total. The van der Waals surface area contributed by atoms with Crippen molar-refractivity contribution in [2.24, 2.45) is 16.7 Å². The summed E-state index contributed by atoms with van der Waals surface area (Å²) in [5, 5.41) is 0. The van der Waals surface area contributed by atoms with Gasteiger partial charge in [-0.2, -0.15) is 70.2 Å². The Bertz CT molecular complexity index is 1980. The number of carbonyl (C=O) groups is 6. The predicted octanol–water partition coefficient (Wildman–Crippen LogP) is 15.5. The fourth-order valence-electron chi connectivity index (χ4n) is 8.53. The molecular weight excluding hydrogens is 1130 g/mol. The van der Waals surface area contributed by atoms with Crippen molar-refractivity contribution < 1.29 is 127 Å². The largest absolute Gasteiger partial charge is 0.459 e. The zero-order valence-electron chi connectivity index (χ0n) is 47.0. The molecule has 0 aromatic heterocycles. The third-order valence-electron chi connectivity index (χ3n) is 14.9. The van der Waals surface area contributed by atoms with Crippen LogP contribution in [0.2, 0.25) is 0 Å². The second kappa shape index (κ2) is 30.5. The molecule has 474 valence electrons. The van der Waals surface area contributed by atoms with Gasteiger partial charge in [0.15, 0.2) is 13.2 Å². The topological polar surface area (TPSA) is 158 Å². The molecule has 81 heavy (non-hydrogen) atoms. The monoisotopic (exact) mass is 1210 g/mol. The van der Waals surface area contributed by atoms with Gasteiger partial charge in [0.25, 0.3) is 6.10 Å². The molecule has 0 aliphatic heterocycles. The van der Waals surface area contributed by atoms with Crippen LogP contribution in [-0.4, -0.2) is 108 Å². The highest BCUT2D eigenvalue weighted by molar-refractivity contribution is 5.77. The Kier molecular flexibility index (Phi) is 28.1. The zero-order chi connectivity index (χ0) is 62.7. The number of esters is 6. The van der Waals surface area contributed by atoms with Gasteiger partial charge in [0.2, 0.25) is 0 Å². The van der Waals surface area contributed by atoms with E-state index in [0.29, 0.717) is 70.6 Å². The summed E-state index contributed by atoms with van der Waals surface area (Å²) < 4.78 is 227. The van der Waals surface area contributed by atoms with E-state index in [9.17, 15) is 99.0 Å². The lowest BCUT2D eigenvalue weighted by molar-refractivity contribution is -0.313. The van der Waals surface area contributed by atoms with E-state index in [-0.39, 0.29) is 56.4 Å². The lowest BCUT2D eigenvalue weighted by atomic mass is 9.89. The van der Waals surface area contributed by atoms with Gasteiger partial charge in [-0.15, -0.1) is 0 Å². The molecule has 3 aliphatic carbocycles. The maximum absolute atomic E-state index is 12.7. The highest BCUT2D eigenvalue weighted by atomic mass is 19.4. The summed E-state index contributed by atoms with van der Waals surface area (Å²) in [7, 11) is 0. The number of carbonyl (C=O) groups excluding carboxylic acids is 6. The molecule has 1 unspecified atom stereocenters. The minimum atomic E-state index is -5.76. The second-order valence-corrected chi connectivity index (χ2v) is 22.4. The highest BCUT2D eigenvalue weighted by Crippen LogP contribution is 2.44. The van der Waals surface area contributed by atoms with Crippen molar-refractivity contribution in [1.29, 1.82) is 0 Å². The van der Waals surface area contributed by atoms with Gasteiger partial charge in [0.05, 0.1) is 16.7 Å². The minimum absolute atomic E-state index is 0.0406. The van der Waals surface area contributed by atoms with Crippen molar-refractivity contribution in [3.8, 4) is 0 Å². The average Bonchev–Trinajstić information content (AvgIpc) is 4.14. The van der Waals surface area contributed by atoms with Gasteiger partial charge < -0.3 is 28.4 Å². The smallest absolute Gasteiger partial charge is 0.456 e. The molecule has 0 aromatic carbocycles. The van der Waals surface area contributed by atoms with Crippen LogP contribution in [0.25, 0.3) is 0 Å². The van der Waals surface area contributed by atoms with Crippen LogP contribution in [-0.2, 0) is 57.2 Å². The van der Waals surface area contributed by atoms with E-state index in [0.717, 1.165) is 38.5 Å². The van der Waals surface area contributed by atoms with E-state index in [4.69, 9.17) is 14.2 Å². The molecule has 28 heteroatoms. The zero-order valence-corrected chi connectivity index (χ0v) is 47.0. The summed E-state index contributed by atoms with van der Waals surface area (Å²) >= 11 is 0. The van der Waals surface area contributed by atoms with Crippen LogP contribution < -0.4 is 0 Å². The molecular formula is C53H78F16O12. The normalized spacial score (nSPS) is 17.9. The maximum atomic E-state index is 12.7. The first-order chi connectivity index (χ1) is 36.8. The summed E-state index contributed by atoms with van der Waals surface area (Å²) in [4.78, 5) is 71.2. The van der Waals surface area contributed by atoms with Gasteiger partial charge in [0.1, 0.15) is 16.8 Å². The fraction of sp³-hybridized carbons (Fsp3) is 0.887. The summed E-state index contributed by atoms with van der Waals surface area (Å²) in [5.74, 6) is -15.3. The molecule has 0 aromatic rings. The van der Waals surface area contributed by atoms with Crippen LogP contribution >= 0.6 is 0 Å². The van der Waals surface area contributed by atoms with Crippen molar-refractivity contribution >= 4 is 35.8 Å². The minimum Gasteiger partial charge on any atom is -0.459 e. The van der Waals surface area contributed by atoms with E-state index in [2.05, 4.69) is 14.2 Å². The first kappa shape index (κ1) is 74.7. The standard InChI is InChI=1S/C18H26F6O4.C18H27F5O4.C17H25F5O4/c1-4-15(2,3)14(26)28-16(9-5-6-10-16)11-7-8-12(25)27-13(17(19,20)21)18(22,23)24;1-4-15(2,3)14(25)27-16(9-5-6-10-16)11-7-8-13(24)26-12-17(19,20)18(21,22)23;1-3-12(2)14(24)26-15(8-4-5-9-15)10-6-7-13(23)25-11-16(18,19)17(20,21)22/h13H,4-11H2,1-3H3;4-12H2,1-3H3;12H,3-11H2,1-2H3. The number of halogens is 16. The van der Waals surface area contributed by atoms with E-state index in [1.54, 1.807) is 34.6 Å². The van der Waals surface area contributed by atoms with Gasteiger partial charge in [0, 0.05) is 19.3 Å². The third kappa shape index (κ3) is 24.8. The quantitative estimate of drug-likeness (QED) is 0.0459. The Morgan fingerprint density at radius 2 is 0.728 bits per heavy atom. The van der Waals surface area contributed by atoms with Crippen molar-refractivity contribution in [3.63, 3.8) is 0 Å². The van der Waals surface area contributed by atoms with Gasteiger partial charge in [-0.25, -0.2) is 0 Å². The molecule has 0 bridgehead atoms. The van der Waals surface area contributed by atoms with E-state index in [1.807, 2.05) is 20.8 Å². The van der Waals surface area contributed by atoms with E-state index in [1.165, 1.54) is 0 Å². The van der Waals surface area contributed by atoms with E-state index < -0.39 is 114 Å². The van der Waals surface area contributed by atoms with Crippen molar-refractivity contribution in [1.82, 2.24) is 0 Å². The Labute approximate surface area is 461 Å². The van der Waals surface area contributed by atoms with Crippen molar-refractivity contribution in [2.75, 3.05) is 13.2 Å². The molecule has 0 amide bonds. The summed E-state index contributed by atoms with van der Waals surface area (Å²) in [5.41, 5.74) is -3.58. The number of rotatable bonds is 26. The summed E-state index contributed by atoms with van der Waals surface area (Å²) in [6.45, 7) is 10.3. The number of hydrogen-bond acceptors (Lipinski definition) is 12. The molecule has 0 N–H and O–H groups in total. The molecule has 0 spiro atoms. The van der Waals surface area contributed by atoms with Gasteiger partial charge in [-0.3, -0.25) is 28.8 Å². The van der Waals surface area contributed by atoms with Crippen LogP contribution in [0.4, 0.5) is 70.2 Å². The van der Waals surface area contributed by atoms with Crippen LogP contribution in [0.5, 0.6) is 0 Å². The van der Waals surface area contributed by atoms with Crippen molar-refractivity contribution in [2.45, 2.75) is 269 Å². The van der Waals surface area contributed by atoms with Crippen LogP contribution in [0.15, 0.2) is 0 Å². The summed E-state index contributed by atoms with van der Waals surface area (Å²) in [6, 6.07) is 0. The van der Waals surface area contributed by atoms with Gasteiger partial charge in [-0.1, -0.05) is 27.7 Å². The average molecular weight is 1210 g/mol. The van der Waals surface area contributed by atoms with Gasteiger partial charge in [-0.05, 0) is 163 Å². The first-order valence-electron chi connectivity index (χ1n) is 27.0. The first-order valence-corrected chi connectivity index (χ1v) is 27.0.